The van der Waals surface area contributed by atoms with Crippen LogP contribution < -0.4 is 4.74 Å². The van der Waals surface area contributed by atoms with E-state index in [4.69, 9.17) is 21.1 Å². The molecule has 0 unspecified atom stereocenters. The third kappa shape index (κ3) is 1.52. The molecule has 1 aliphatic heterocycles. The molecule has 2 heterocycles. The van der Waals surface area contributed by atoms with Gasteiger partial charge < -0.3 is 9.47 Å². The lowest BCUT2D eigenvalue weighted by atomic mass is 10.3. The number of pyridine rings is 1. The van der Waals surface area contributed by atoms with Crippen LogP contribution in [0.2, 0.25) is 5.15 Å². The van der Waals surface area contributed by atoms with Crippen LogP contribution in [0.5, 0.6) is 5.75 Å². The van der Waals surface area contributed by atoms with Gasteiger partial charge in [0, 0.05) is 6.20 Å². The Bertz CT molecular complexity index is 276. The molecule has 1 aliphatic rings. The predicted molar refractivity (Wildman–Crippen MR) is 44.5 cm³/mol. The van der Waals surface area contributed by atoms with Gasteiger partial charge >= 0.3 is 0 Å². The average Bonchev–Trinajstić information content (AvgIpc) is 2.00. The molecule has 1 aromatic heterocycles. The minimum atomic E-state index is 0.145. The zero-order chi connectivity index (χ0) is 8.39. The Kier molecular flexibility index (Phi) is 2.15. The molecule has 4 heteroatoms. The van der Waals surface area contributed by atoms with Crippen LogP contribution in [0.4, 0.5) is 0 Å². The maximum absolute atomic E-state index is 5.77. The van der Waals surface area contributed by atoms with E-state index >= 15 is 0 Å². The molecule has 1 fully saturated rings. The van der Waals surface area contributed by atoms with Crippen molar-refractivity contribution in [3.05, 3.63) is 23.5 Å². The molecule has 3 nitrogen and oxygen atoms in total. The number of ether oxygens (including phenoxy) is 2. The summed E-state index contributed by atoms with van der Waals surface area (Å²) in [5.41, 5.74) is 0. The maximum Gasteiger partial charge on any atom is 0.171 e. The first kappa shape index (κ1) is 7.83. The highest BCUT2D eigenvalue weighted by atomic mass is 35.5. The molecular weight excluding hydrogens is 178 g/mol. The summed E-state index contributed by atoms with van der Waals surface area (Å²) in [6, 6.07) is 3.59. The third-order valence-corrected chi connectivity index (χ3v) is 1.91. The van der Waals surface area contributed by atoms with Crippen LogP contribution in [0.25, 0.3) is 0 Å². The van der Waals surface area contributed by atoms with Crippen LogP contribution >= 0.6 is 11.6 Å². The zero-order valence-electron chi connectivity index (χ0n) is 6.37. The van der Waals surface area contributed by atoms with Crippen molar-refractivity contribution in [3.8, 4) is 5.75 Å². The molecule has 1 aromatic rings. The summed E-state index contributed by atoms with van der Waals surface area (Å²) >= 11 is 5.77. The highest BCUT2D eigenvalue weighted by Crippen LogP contribution is 2.23. The van der Waals surface area contributed by atoms with E-state index in [2.05, 4.69) is 4.98 Å². The number of aromatic nitrogens is 1. The van der Waals surface area contributed by atoms with E-state index in [9.17, 15) is 0 Å². The Balaban J connectivity index is 2.06. The third-order valence-electron chi connectivity index (χ3n) is 1.63. The lowest BCUT2D eigenvalue weighted by Gasteiger charge is -2.26. The van der Waals surface area contributed by atoms with Crippen molar-refractivity contribution in [1.29, 1.82) is 0 Å². The molecule has 64 valence electrons. The first-order valence-corrected chi connectivity index (χ1v) is 4.09. The predicted octanol–water partition coefficient (Wildman–Crippen LogP) is 1.51. The lowest BCUT2D eigenvalue weighted by Crippen LogP contribution is -2.38. The van der Waals surface area contributed by atoms with E-state index in [1.54, 1.807) is 18.3 Å². The minimum absolute atomic E-state index is 0.145. The first-order valence-electron chi connectivity index (χ1n) is 3.71. The number of rotatable bonds is 2. The number of halogens is 1. The number of nitrogens with zero attached hydrogens (tertiary/aromatic N) is 1. The van der Waals surface area contributed by atoms with Crippen LogP contribution in [0.15, 0.2) is 18.3 Å². The monoisotopic (exact) mass is 185 g/mol. The molecule has 0 N–H and O–H groups in total. The van der Waals surface area contributed by atoms with E-state index < -0.39 is 0 Å². The van der Waals surface area contributed by atoms with E-state index in [0.717, 1.165) is 0 Å². The average molecular weight is 186 g/mol. The fourth-order valence-corrected chi connectivity index (χ4v) is 1.08. The van der Waals surface area contributed by atoms with Crippen molar-refractivity contribution >= 4 is 11.6 Å². The summed E-state index contributed by atoms with van der Waals surface area (Å²) in [5, 5.41) is 0.407. The molecule has 0 aliphatic carbocycles. The van der Waals surface area contributed by atoms with Gasteiger partial charge in [-0.3, -0.25) is 0 Å². The van der Waals surface area contributed by atoms with E-state index in [1.807, 2.05) is 0 Å². The highest BCUT2D eigenvalue weighted by Gasteiger charge is 2.20. The second-order valence-electron chi connectivity index (χ2n) is 2.57. The molecule has 0 spiro atoms. The Labute approximate surface area is 75.3 Å². The number of hydrogen-bond donors (Lipinski definition) is 0. The van der Waals surface area contributed by atoms with Gasteiger partial charge in [0.05, 0.1) is 13.2 Å². The SMILES string of the molecule is Clc1ncccc1OC1COC1. The maximum atomic E-state index is 5.77. The second-order valence-corrected chi connectivity index (χ2v) is 2.93. The van der Waals surface area contributed by atoms with Gasteiger partial charge in [0.25, 0.3) is 0 Å². The van der Waals surface area contributed by atoms with Crippen molar-refractivity contribution < 1.29 is 9.47 Å². The topological polar surface area (TPSA) is 31.4 Å². The van der Waals surface area contributed by atoms with Gasteiger partial charge in [0.2, 0.25) is 0 Å². The summed E-state index contributed by atoms with van der Waals surface area (Å²) in [5.74, 6) is 0.632. The van der Waals surface area contributed by atoms with E-state index in [-0.39, 0.29) is 6.10 Å². The fraction of sp³-hybridized carbons (Fsp3) is 0.375. The Morgan fingerprint density at radius 1 is 1.58 bits per heavy atom. The molecule has 0 atom stereocenters. The van der Waals surface area contributed by atoms with E-state index in [1.165, 1.54) is 0 Å². The molecule has 0 saturated carbocycles. The van der Waals surface area contributed by atoms with E-state index in [0.29, 0.717) is 24.1 Å². The van der Waals surface area contributed by atoms with Crippen molar-refractivity contribution in [1.82, 2.24) is 4.98 Å². The van der Waals surface area contributed by atoms with Crippen molar-refractivity contribution in [2.45, 2.75) is 6.10 Å². The Hall–Kier alpha value is -0.800. The van der Waals surface area contributed by atoms with Crippen LogP contribution in [0.3, 0.4) is 0 Å². The standard InChI is InChI=1S/C8H8ClNO2/c9-8-7(2-1-3-10-8)12-6-4-11-5-6/h1-3,6H,4-5H2. The summed E-state index contributed by atoms with van der Waals surface area (Å²) in [6.45, 7) is 1.29. The van der Waals surface area contributed by atoms with Crippen molar-refractivity contribution in [2.24, 2.45) is 0 Å². The molecule has 0 aromatic carbocycles. The van der Waals surface area contributed by atoms with Gasteiger partial charge in [-0.25, -0.2) is 4.98 Å². The normalized spacial score (nSPS) is 17.1. The molecule has 2 rings (SSSR count). The molecule has 0 amide bonds. The summed E-state index contributed by atoms with van der Waals surface area (Å²) in [4.78, 5) is 3.89. The summed E-state index contributed by atoms with van der Waals surface area (Å²) in [6.07, 6.45) is 1.78. The van der Waals surface area contributed by atoms with Gasteiger partial charge in [-0.2, -0.15) is 0 Å². The molecule has 0 bridgehead atoms. The van der Waals surface area contributed by atoms with Crippen molar-refractivity contribution in [3.63, 3.8) is 0 Å². The van der Waals surface area contributed by atoms with Crippen LogP contribution in [0.1, 0.15) is 0 Å². The lowest BCUT2D eigenvalue weighted by molar-refractivity contribution is -0.0797. The summed E-state index contributed by atoms with van der Waals surface area (Å²) in [7, 11) is 0. The number of hydrogen-bond acceptors (Lipinski definition) is 3. The molecular formula is C8H8ClNO2. The zero-order valence-corrected chi connectivity index (χ0v) is 7.12. The van der Waals surface area contributed by atoms with Crippen LogP contribution in [-0.2, 0) is 4.74 Å². The minimum Gasteiger partial charge on any atom is -0.482 e. The molecule has 12 heavy (non-hydrogen) atoms. The Morgan fingerprint density at radius 3 is 3.00 bits per heavy atom. The van der Waals surface area contributed by atoms with Gasteiger partial charge in [-0.05, 0) is 12.1 Å². The second kappa shape index (κ2) is 3.29. The smallest absolute Gasteiger partial charge is 0.171 e. The molecule has 0 radical (unpaired) electrons. The highest BCUT2D eigenvalue weighted by molar-refractivity contribution is 6.30. The quantitative estimate of drug-likeness (QED) is 0.655. The van der Waals surface area contributed by atoms with Gasteiger partial charge in [0.15, 0.2) is 10.9 Å². The van der Waals surface area contributed by atoms with Crippen molar-refractivity contribution in [2.75, 3.05) is 13.2 Å². The Morgan fingerprint density at radius 2 is 2.42 bits per heavy atom. The fourth-order valence-electron chi connectivity index (χ4n) is 0.921. The molecule has 1 saturated heterocycles. The first-order chi connectivity index (χ1) is 5.86. The van der Waals surface area contributed by atoms with Gasteiger partial charge in [-0.1, -0.05) is 11.6 Å². The van der Waals surface area contributed by atoms with Gasteiger partial charge in [-0.15, -0.1) is 0 Å². The van der Waals surface area contributed by atoms with Gasteiger partial charge in [0.1, 0.15) is 6.10 Å². The van der Waals surface area contributed by atoms with Crippen LogP contribution in [0, 0.1) is 0 Å². The van der Waals surface area contributed by atoms with Crippen LogP contribution in [-0.4, -0.2) is 24.3 Å². The largest absolute Gasteiger partial charge is 0.482 e. The summed E-state index contributed by atoms with van der Waals surface area (Å²) < 4.78 is 10.4.